The standard InChI is InChI=1S/C12H14N4O3S/c1-8(17)14-2-4-15(5-3-14)10-9(11(18)19)16-6-7-20-12(16)13-10/h6-7H,2-5H2,1H3,(H,18,19). The van der Waals surface area contributed by atoms with E-state index >= 15 is 0 Å². The zero-order chi connectivity index (χ0) is 14.3. The molecule has 1 aliphatic heterocycles. The van der Waals surface area contributed by atoms with Crippen LogP contribution in [0.1, 0.15) is 17.4 Å². The maximum absolute atomic E-state index is 11.5. The number of piperazine rings is 1. The summed E-state index contributed by atoms with van der Waals surface area (Å²) < 4.78 is 1.60. The maximum Gasteiger partial charge on any atom is 0.356 e. The van der Waals surface area contributed by atoms with Gasteiger partial charge in [-0.25, -0.2) is 9.78 Å². The normalized spacial score (nSPS) is 15.8. The Labute approximate surface area is 119 Å². The van der Waals surface area contributed by atoms with Gasteiger partial charge in [-0.1, -0.05) is 0 Å². The van der Waals surface area contributed by atoms with Gasteiger partial charge in [0.25, 0.3) is 0 Å². The molecule has 0 aliphatic carbocycles. The summed E-state index contributed by atoms with van der Waals surface area (Å²) in [5.74, 6) is -0.443. The lowest BCUT2D eigenvalue weighted by atomic mass is 10.3. The SMILES string of the molecule is CC(=O)N1CCN(c2nc3sccn3c2C(=O)O)CC1. The summed E-state index contributed by atoms with van der Waals surface area (Å²) >= 11 is 1.41. The number of aromatic carboxylic acids is 1. The number of nitrogens with zero attached hydrogens (tertiary/aromatic N) is 4. The summed E-state index contributed by atoms with van der Waals surface area (Å²) in [5, 5.41) is 11.2. The molecule has 0 atom stereocenters. The molecule has 0 unspecified atom stereocenters. The number of thiazole rings is 1. The Hall–Kier alpha value is -2.09. The van der Waals surface area contributed by atoms with Gasteiger partial charge in [0.1, 0.15) is 0 Å². The molecular weight excluding hydrogens is 280 g/mol. The molecule has 20 heavy (non-hydrogen) atoms. The maximum atomic E-state index is 11.5. The first-order chi connectivity index (χ1) is 9.58. The van der Waals surface area contributed by atoms with Crippen LogP contribution >= 0.6 is 11.3 Å². The van der Waals surface area contributed by atoms with Crippen LogP contribution in [0.3, 0.4) is 0 Å². The van der Waals surface area contributed by atoms with Crippen molar-refractivity contribution in [2.75, 3.05) is 31.1 Å². The first-order valence-electron chi connectivity index (χ1n) is 6.27. The summed E-state index contributed by atoms with van der Waals surface area (Å²) in [6.07, 6.45) is 1.71. The second-order valence-electron chi connectivity index (χ2n) is 4.64. The Balaban J connectivity index is 1.91. The van der Waals surface area contributed by atoms with E-state index in [2.05, 4.69) is 4.98 Å². The highest BCUT2D eigenvalue weighted by atomic mass is 32.1. The number of aromatic nitrogens is 2. The number of hydrogen-bond donors (Lipinski definition) is 1. The average Bonchev–Trinajstić information content (AvgIpc) is 2.97. The third-order valence-corrected chi connectivity index (χ3v) is 4.23. The molecule has 0 saturated carbocycles. The van der Waals surface area contributed by atoms with Crippen molar-refractivity contribution in [1.82, 2.24) is 14.3 Å². The van der Waals surface area contributed by atoms with Crippen LogP contribution in [0.4, 0.5) is 5.82 Å². The Bertz CT molecular complexity index is 669. The molecule has 106 valence electrons. The van der Waals surface area contributed by atoms with Crippen LogP contribution in [-0.4, -0.2) is 57.4 Å². The van der Waals surface area contributed by atoms with Gasteiger partial charge in [0.05, 0.1) is 0 Å². The van der Waals surface area contributed by atoms with Gasteiger partial charge in [-0.05, 0) is 0 Å². The molecule has 2 aromatic heterocycles. The van der Waals surface area contributed by atoms with Crippen LogP contribution in [0.5, 0.6) is 0 Å². The third-order valence-electron chi connectivity index (χ3n) is 3.47. The van der Waals surface area contributed by atoms with Crippen molar-refractivity contribution < 1.29 is 14.7 Å². The van der Waals surface area contributed by atoms with Crippen molar-refractivity contribution in [3.63, 3.8) is 0 Å². The van der Waals surface area contributed by atoms with E-state index in [9.17, 15) is 14.7 Å². The fraction of sp³-hybridized carbons (Fsp3) is 0.417. The van der Waals surface area contributed by atoms with Crippen LogP contribution in [0.15, 0.2) is 11.6 Å². The zero-order valence-electron chi connectivity index (χ0n) is 10.9. The summed E-state index contributed by atoms with van der Waals surface area (Å²) in [6.45, 7) is 3.94. The van der Waals surface area contributed by atoms with E-state index in [1.807, 2.05) is 10.3 Å². The fourth-order valence-corrected chi connectivity index (χ4v) is 3.14. The lowest BCUT2D eigenvalue weighted by Crippen LogP contribution is -2.48. The number of fused-ring (bicyclic) bond motifs is 1. The molecule has 1 aliphatic rings. The van der Waals surface area contributed by atoms with E-state index in [1.165, 1.54) is 11.3 Å². The highest BCUT2D eigenvalue weighted by Gasteiger charge is 2.27. The molecule has 0 bridgehead atoms. The van der Waals surface area contributed by atoms with Crippen molar-refractivity contribution in [3.05, 3.63) is 17.3 Å². The zero-order valence-corrected chi connectivity index (χ0v) is 11.8. The topological polar surface area (TPSA) is 78.2 Å². The van der Waals surface area contributed by atoms with Gasteiger partial charge in [0, 0.05) is 44.7 Å². The molecule has 0 spiro atoms. The van der Waals surface area contributed by atoms with E-state index in [-0.39, 0.29) is 11.6 Å². The minimum Gasteiger partial charge on any atom is -0.476 e. The molecule has 0 radical (unpaired) electrons. The number of carboxylic acids is 1. The molecule has 1 amide bonds. The van der Waals surface area contributed by atoms with E-state index in [4.69, 9.17) is 0 Å². The molecule has 3 rings (SSSR count). The molecular formula is C12H14N4O3S. The summed E-state index contributed by atoms with van der Waals surface area (Å²) in [7, 11) is 0. The summed E-state index contributed by atoms with van der Waals surface area (Å²) in [4.78, 5) is 31.6. The number of amides is 1. The van der Waals surface area contributed by atoms with E-state index < -0.39 is 5.97 Å². The lowest BCUT2D eigenvalue weighted by Gasteiger charge is -2.34. The predicted molar refractivity (Wildman–Crippen MR) is 74.5 cm³/mol. The number of anilines is 1. The van der Waals surface area contributed by atoms with Gasteiger partial charge in [-0.3, -0.25) is 9.20 Å². The van der Waals surface area contributed by atoms with Crippen LogP contribution in [0.2, 0.25) is 0 Å². The second-order valence-corrected chi connectivity index (χ2v) is 5.51. The van der Waals surface area contributed by atoms with Crippen LogP contribution in [-0.2, 0) is 4.79 Å². The Morgan fingerprint density at radius 3 is 2.60 bits per heavy atom. The smallest absolute Gasteiger partial charge is 0.356 e. The van der Waals surface area contributed by atoms with E-state index in [0.29, 0.717) is 37.0 Å². The summed E-state index contributed by atoms with van der Waals surface area (Å²) in [6, 6.07) is 0. The van der Waals surface area contributed by atoms with Gasteiger partial charge in [-0.15, -0.1) is 11.3 Å². The van der Waals surface area contributed by atoms with Crippen molar-refractivity contribution >= 4 is 34.0 Å². The van der Waals surface area contributed by atoms with Gasteiger partial charge >= 0.3 is 5.97 Å². The molecule has 1 N–H and O–H groups in total. The average molecular weight is 294 g/mol. The van der Waals surface area contributed by atoms with Gasteiger partial charge in [0.15, 0.2) is 16.5 Å². The molecule has 7 nitrogen and oxygen atoms in total. The van der Waals surface area contributed by atoms with Crippen molar-refractivity contribution in [2.24, 2.45) is 0 Å². The molecule has 8 heteroatoms. The van der Waals surface area contributed by atoms with Crippen LogP contribution in [0, 0.1) is 0 Å². The minimum atomic E-state index is -0.986. The highest BCUT2D eigenvalue weighted by molar-refractivity contribution is 7.15. The van der Waals surface area contributed by atoms with Crippen molar-refractivity contribution in [1.29, 1.82) is 0 Å². The van der Waals surface area contributed by atoms with Crippen molar-refractivity contribution in [3.8, 4) is 0 Å². The van der Waals surface area contributed by atoms with E-state index in [0.717, 1.165) is 0 Å². The first kappa shape index (κ1) is 12.9. The van der Waals surface area contributed by atoms with Gasteiger partial charge in [0.2, 0.25) is 5.91 Å². The quantitative estimate of drug-likeness (QED) is 0.885. The Morgan fingerprint density at radius 1 is 1.30 bits per heavy atom. The summed E-state index contributed by atoms with van der Waals surface area (Å²) in [5.41, 5.74) is 0.192. The first-order valence-corrected chi connectivity index (χ1v) is 7.15. The van der Waals surface area contributed by atoms with E-state index in [1.54, 1.807) is 22.4 Å². The number of carbonyl (C=O) groups excluding carboxylic acids is 1. The Kier molecular flexibility index (Phi) is 3.09. The highest BCUT2D eigenvalue weighted by Crippen LogP contribution is 2.25. The monoisotopic (exact) mass is 294 g/mol. The second kappa shape index (κ2) is 4.78. The largest absolute Gasteiger partial charge is 0.476 e. The minimum absolute atomic E-state index is 0.0499. The molecule has 1 saturated heterocycles. The van der Waals surface area contributed by atoms with Crippen LogP contribution in [0.25, 0.3) is 4.96 Å². The Morgan fingerprint density at radius 2 is 2.00 bits per heavy atom. The molecule has 2 aromatic rings. The fourth-order valence-electron chi connectivity index (χ4n) is 2.43. The number of carbonyl (C=O) groups is 2. The third kappa shape index (κ3) is 2.01. The molecule has 0 aromatic carbocycles. The molecule has 1 fully saturated rings. The molecule has 3 heterocycles. The van der Waals surface area contributed by atoms with Crippen LogP contribution < -0.4 is 4.90 Å². The number of carboxylic acid groups (broad SMARTS) is 1. The van der Waals surface area contributed by atoms with Crippen molar-refractivity contribution in [2.45, 2.75) is 6.92 Å². The number of hydrogen-bond acceptors (Lipinski definition) is 5. The van der Waals surface area contributed by atoms with Gasteiger partial charge < -0.3 is 14.9 Å². The number of imidazole rings is 1. The lowest BCUT2D eigenvalue weighted by molar-refractivity contribution is -0.129. The van der Waals surface area contributed by atoms with Gasteiger partial charge in [-0.2, -0.15) is 0 Å². The number of rotatable bonds is 2. The predicted octanol–water partition coefficient (Wildman–Crippen LogP) is 0.763.